The van der Waals surface area contributed by atoms with Gasteiger partial charge < -0.3 is 59.8 Å². The molecule has 8 N–H and O–H groups in total. The molecule has 2 heterocycles. The summed E-state index contributed by atoms with van der Waals surface area (Å²) in [5, 5.41) is 83.1. The minimum absolute atomic E-state index is 0.139. The lowest BCUT2D eigenvalue weighted by molar-refractivity contribution is -0.320. The van der Waals surface area contributed by atoms with Gasteiger partial charge in [0.1, 0.15) is 42.7 Å². The second kappa shape index (κ2) is 13.4. The van der Waals surface area contributed by atoms with Crippen molar-refractivity contribution in [2.75, 3.05) is 13.2 Å². The minimum Gasteiger partial charge on any atom is -0.394 e. The molecule has 4 rings (SSSR count). The van der Waals surface area contributed by atoms with Crippen LogP contribution in [0, 0.1) is 22.7 Å². The molecule has 12 heteroatoms. The molecule has 0 aromatic rings. The number of ether oxygens (including phenoxy) is 4. The van der Waals surface area contributed by atoms with Gasteiger partial charge in [0.15, 0.2) is 12.6 Å². The smallest absolute Gasteiger partial charge is 0.187 e. The van der Waals surface area contributed by atoms with Crippen molar-refractivity contribution in [2.24, 2.45) is 22.7 Å². The lowest BCUT2D eigenvalue weighted by atomic mass is 9.44. The molecule has 0 aromatic carbocycles. The molecule has 0 bridgehead atoms. The molecular weight excluding hydrogens is 576 g/mol. The van der Waals surface area contributed by atoms with Crippen molar-refractivity contribution in [1.82, 2.24) is 0 Å². The molecule has 44 heavy (non-hydrogen) atoms. The first kappa shape index (κ1) is 36.1. The van der Waals surface area contributed by atoms with Crippen LogP contribution in [0.5, 0.6) is 0 Å². The van der Waals surface area contributed by atoms with Gasteiger partial charge in [-0.3, -0.25) is 0 Å². The predicted molar refractivity (Wildman–Crippen MR) is 158 cm³/mol. The van der Waals surface area contributed by atoms with E-state index in [1.807, 2.05) is 6.92 Å². The van der Waals surface area contributed by atoms with Crippen LogP contribution in [-0.4, -0.2) is 127 Å². The Kier molecular flexibility index (Phi) is 11.0. The van der Waals surface area contributed by atoms with Gasteiger partial charge in [0.05, 0.1) is 30.5 Å². The van der Waals surface area contributed by atoms with Crippen LogP contribution in [0.15, 0.2) is 12.7 Å². The topological polar surface area (TPSA) is 199 Å². The second-order valence-electron chi connectivity index (χ2n) is 14.9. The summed E-state index contributed by atoms with van der Waals surface area (Å²) >= 11 is 0. The highest BCUT2D eigenvalue weighted by molar-refractivity contribution is 5.09. The second-order valence-corrected chi connectivity index (χ2v) is 14.9. The molecule has 2 aliphatic heterocycles. The van der Waals surface area contributed by atoms with Crippen molar-refractivity contribution in [3.63, 3.8) is 0 Å². The Bertz CT molecular complexity index is 979. The van der Waals surface area contributed by atoms with E-state index < -0.39 is 79.2 Å². The Balaban J connectivity index is 1.48. The average molecular weight is 633 g/mol. The van der Waals surface area contributed by atoms with Crippen molar-refractivity contribution in [3.05, 3.63) is 12.7 Å². The maximum Gasteiger partial charge on any atom is 0.187 e. The van der Waals surface area contributed by atoms with Gasteiger partial charge in [-0.05, 0) is 82.0 Å². The van der Waals surface area contributed by atoms with Crippen LogP contribution in [-0.2, 0) is 18.9 Å². The van der Waals surface area contributed by atoms with Gasteiger partial charge in [-0.2, -0.15) is 0 Å². The molecule has 256 valence electrons. The molecular formula is C32H56O12. The van der Waals surface area contributed by atoms with E-state index in [0.29, 0.717) is 19.3 Å². The average Bonchev–Trinajstić information content (AvgIpc) is 2.96. The molecule has 0 spiro atoms. The summed E-state index contributed by atoms with van der Waals surface area (Å²) in [7, 11) is 0. The Morgan fingerprint density at radius 2 is 1.52 bits per heavy atom. The van der Waals surface area contributed by atoms with Crippen molar-refractivity contribution in [1.29, 1.82) is 0 Å². The Labute approximate surface area is 260 Å². The highest BCUT2D eigenvalue weighted by Crippen LogP contribution is 2.63. The van der Waals surface area contributed by atoms with E-state index in [1.165, 1.54) is 0 Å². The fraction of sp³-hybridized carbons (Fsp3) is 0.938. The molecule has 2 saturated heterocycles. The van der Waals surface area contributed by atoms with E-state index in [-0.39, 0.29) is 29.3 Å². The zero-order valence-corrected chi connectivity index (χ0v) is 26.8. The maximum atomic E-state index is 11.8. The summed E-state index contributed by atoms with van der Waals surface area (Å²) in [5.74, 6) is 0.0311. The fourth-order valence-electron chi connectivity index (χ4n) is 8.74. The molecule has 2 saturated carbocycles. The van der Waals surface area contributed by atoms with Gasteiger partial charge in [-0.15, -0.1) is 6.58 Å². The third-order valence-corrected chi connectivity index (χ3v) is 11.6. The van der Waals surface area contributed by atoms with Crippen molar-refractivity contribution in [3.8, 4) is 0 Å². The first-order valence-electron chi connectivity index (χ1n) is 16.1. The number of fused-ring (bicyclic) bond motifs is 1. The summed E-state index contributed by atoms with van der Waals surface area (Å²) in [6.07, 6.45) is -6.05. The van der Waals surface area contributed by atoms with Crippen LogP contribution in [0.25, 0.3) is 0 Å². The first-order chi connectivity index (χ1) is 20.4. The van der Waals surface area contributed by atoms with Gasteiger partial charge in [-0.1, -0.05) is 26.3 Å². The first-order valence-corrected chi connectivity index (χ1v) is 16.1. The summed E-state index contributed by atoms with van der Waals surface area (Å²) in [6.45, 7) is 13.4. The fourth-order valence-corrected chi connectivity index (χ4v) is 8.74. The van der Waals surface area contributed by atoms with Gasteiger partial charge in [-0.25, -0.2) is 0 Å². The van der Waals surface area contributed by atoms with Crippen LogP contribution in [0.4, 0.5) is 0 Å². The van der Waals surface area contributed by atoms with E-state index in [9.17, 15) is 40.9 Å². The van der Waals surface area contributed by atoms with Gasteiger partial charge in [0.25, 0.3) is 0 Å². The molecule has 16 unspecified atom stereocenters. The molecule has 4 fully saturated rings. The molecule has 0 radical (unpaired) electrons. The SMILES string of the molecule is C=CC(C)(CCC1C(C)(O)CCC2C(C)(COC3OC(C)C(O)C(O)C3O)CCCC12C)OC1OC(CO)C(O)C(O)C1O. The number of rotatable bonds is 10. The van der Waals surface area contributed by atoms with E-state index in [0.717, 1.165) is 25.7 Å². The zero-order valence-electron chi connectivity index (χ0n) is 26.8. The summed E-state index contributed by atoms with van der Waals surface area (Å²) in [6, 6.07) is 0. The summed E-state index contributed by atoms with van der Waals surface area (Å²) in [4.78, 5) is 0. The van der Waals surface area contributed by atoms with E-state index in [2.05, 4.69) is 20.4 Å². The van der Waals surface area contributed by atoms with Crippen LogP contribution in [0.3, 0.4) is 0 Å². The molecule has 0 amide bonds. The molecule has 16 atom stereocenters. The van der Waals surface area contributed by atoms with Crippen molar-refractivity contribution < 1.29 is 59.8 Å². The summed E-state index contributed by atoms with van der Waals surface area (Å²) < 4.78 is 23.6. The molecule has 2 aliphatic carbocycles. The van der Waals surface area contributed by atoms with Crippen LogP contribution >= 0.6 is 0 Å². The zero-order chi connectivity index (χ0) is 32.8. The monoisotopic (exact) mass is 632 g/mol. The predicted octanol–water partition coefficient (Wildman–Crippen LogP) is 0.346. The molecule has 12 nitrogen and oxygen atoms in total. The third kappa shape index (κ3) is 6.79. The van der Waals surface area contributed by atoms with Gasteiger partial charge in [0.2, 0.25) is 0 Å². The van der Waals surface area contributed by atoms with E-state index in [4.69, 9.17) is 18.9 Å². The lowest BCUT2D eigenvalue weighted by Gasteiger charge is -2.62. The largest absolute Gasteiger partial charge is 0.394 e. The minimum atomic E-state index is -1.56. The van der Waals surface area contributed by atoms with E-state index >= 15 is 0 Å². The van der Waals surface area contributed by atoms with Crippen molar-refractivity contribution in [2.45, 2.75) is 152 Å². The highest BCUT2D eigenvalue weighted by atomic mass is 16.7. The quantitative estimate of drug-likeness (QED) is 0.154. The van der Waals surface area contributed by atoms with Crippen LogP contribution in [0.1, 0.15) is 79.6 Å². The normalized spacial score (nSPS) is 51.3. The van der Waals surface area contributed by atoms with Gasteiger partial charge in [0, 0.05) is 0 Å². The number of hydrogen-bond donors (Lipinski definition) is 8. The maximum absolute atomic E-state index is 11.8. The Morgan fingerprint density at radius 1 is 0.886 bits per heavy atom. The Hall–Kier alpha value is -0.740. The molecule has 4 aliphatic rings. The molecule has 0 aromatic heterocycles. The number of aliphatic hydroxyl groups excluding tert-OH is 7. The van der Waals surface area contributed by atoms with Crippen molar-refractivity contribution >= 4 is 0 Å². The van der Waals surface area contributed by atoms with E-state index in [1.54, 1.807) is 19.9 Å². The highest BCUT2D eigenvalue weighted by Gasteiger charge is 2.59. The number of aliphatic hydroxyl groups is 8. The summed E-state index contributed by atoms with van der Waals surface area (Å²) in [5.41, 5.74) is -2.57. The van der Waals surface area contributed by atoms with Crippen LogP contribution in [0.2, 0.25) is 0 Å². The standard InChI is InChI=1S/C32H56O12/c1-7-30(4,44-28-26(39)24(37)22(35)18(15-33)43-28)13-9-20-31(5)12-8-11-29(3,19(31)10-14-32(20,6)40)16-41-27-25(38)23(36)21(34)17(2)42-27/h7,17-28,33-40H,1,8-16H2,2-6H3. The lowest BCUT2D eigenvalue weighted by Crippen LogP contribution is -2.61. The Morgan fingerprint density at radius 3 is 2.16 bits per heavy atom. The van der Waals surface area contributed by atoms with Crippen LogP contribution < -0.4 is 0 Å². The third-order valence-electron chi connectivity index (χ3n) is 11.6. The number of hydrogen-bond acceptors (Lipinski definition) is 12. The van der Waals surface area contributed by atoms with Gasteiger partial charge >= 0.3 is 0 Å².